The standard InChI is InChI=1S/C19H18ClNO4/c1-24-12-17(19(22)25-2)15-5-3-4-6-16(15)18(21-23)11-13-7-9-14(20)10-8-13/h3-10,12,23H,11H2,1-2H3. The molecule has 0 amide bonds. The van der Waals surface area contributed by atoms with Crippen molar-refractivity contribution in [2.75, 3.05) is 14.2 Å². The number of methoxy groups -OCH3 is 2. The lowest BCUT2D eigenvalue weighted by Crippen LogP contribution is -2.12. The Bertz CT molecular complexity index is 797. The average Bonchev–Trinajstić information content (AvgIpc) is 2.65. The lowest BCUT2D eigenvalue weighted by atomic mass is 9.94. The highest BCUT2D eigenvalue weighted by Gasteiger charge is 2.19. The highest BCUT2D eigenvalue weighted by atomic mass is 35.5. The van der Waals surface area contributed by atoms with Gasteiger partial charge < -0.3 is 14.7 Å². The first kappa shape index (κ1) is 18.5. The molecule has 2 rings (SSSR count). The van der Waals surface area contributed by atoms with Gasteiger partial charge in [0.1, 0.15) is 5.57 Å². The van der Waals surface area contributed by atoms with Gasteiger partial charge in [-0.25, -0.2) is 4.79 Å². The van der Waals surface area contributed by atoms with E-state index in [1.165, 1.54) is 20.5 Å². The summed E-state index contributed by atoms with van der Waals surface area (Å²) in [6.07, 6.45) is 1.67. The van der Waals surface area contributed by atoms with E-state index < -0.39 is 5.97 Å². The summed E-state index contributed by atoms with van der Waals surface area (Å²) in [6.45, 7) is 0. The van der Waals surface area contributed by atoms with Gasteiger partial charge in [0.15, 0.2) is 0 Å². The molecule has 0 radical (unpaired) electrons. The fourth-order valence-corrected chi connectivity index (χ4v) is 2.53. The quantitative estimate of drug-likeness (QED) is 0.212. The molecule has 0 aliphatic carbocycles. The molecule has 5 nitrogen and oxygen atoms in total. The second-order valence-corrected chi connectivity index (χ2v) is 5.59. The van der Waals surface area contributed by atoms with Crippen molar-refractivity contribution >= 4 is 28.9 Å². The third-order valence-corrected chi connectivity index (χ3v) is 3.83. The van der Waals surface area contributed by atoms with Crippen LogP contribution in [-0.2, 0) is 20.7 Å². The molecule has 0 atom stereocenters. The summed E-state index contributed by atoms with van der Waals surface area (Å²) < 4.78 is 9.82. The summed E-state index contributed by atoms with van der Waals surface area (Å²) >= 11 is 5.90. The Morgan fingerprint density at radius 3 is 2.32 bits per heavy atom. The van der Waals surface area contributed by atoms with Gasteiger partial charge in [-0.3, -0.25) is 0 Å². The Labute approximate surface area is 151 Å². The molecule has 0 saturated heterocycles. The van der Waals surface area contributed by atoms with E-state index in [4.69, 9.17) is 21.1 Å². The zero-order chi connectivity index (χ0) is 18.2. The van der Waals surface area contributed by atoms with Crippen LogP contribution in [0.1, 0.15) is 16.7 Å². The second kappa shape index (κ2) is 8.89. The number of halogens is 1. The number of carbonyl (C=O) groups is 1. The third-order valence-electron chi connectivity index (χ3n) is 3.57. The minimum Gasteiger partial charge on any atom is -0.503 e. The molecular formula is C19H18ClNO4. The van der Waals surface area contributed by atoms with Gasteiger partial charge in [-0.15, -0.1) is 0 Å². The van der Waals surface area contributed by atoms with Crippen molar-refractivity contribution in [1.29, 1.82) is 0 Å². The van der Waals surface area contributed by atoms with Crippen molar-refractivity contribution in [3.63, 3.8) is 0 Å². The van der Waals surface area contributed by atoms with E-state index >= 15 is 0 Å². The maximum absolute atomic E-state index is 12.1. The van der Waals surface area contributed by atoms with Crippen molar-refractivity contribution in [1.82, 2.24) is 0 Å². The summed E-state index contributed by atoms with van der Waals surface area (Å²) in [5.74, 6) is -0.543. The largest absolute Gasteiger partial charge is 0.503 e. The molecule has 0 spiro atoms. The van der Waals surface area contributed by atoms with Crippen molar-refractivity contribution in [2.24, 2.45) is 5.16 Å². The Morgan fingerprint density at radius 1 is 1.12 bits per heavy atom. The molecule has 0 saturated carbocycles. The third kappa shape index (κ3) is 4.61. The maximum Gasteiger partial charge on any atom is 0.341 e. The fraction of sp³-hybridized carbons (Fsp3) is 0.158. The summed E-state index contributed by atoms with van der Waals surface area (Å²) in [5, 5.41) is 13.6. The van der Waals surface area contributed by atoms with E-state index in [0.29, 0.717) is 28.3 Å². The van der Waals surface area contributed by atoms with Crippen LogP contribution in [0.5, 0.6) is 0 Å². The minimum atomic E-state index is -0.543. The first-order valence-electron chi connectivity index (χ1n) is 7.47. The summed E-state index contributed by atoms with van der Waals surface area (Å²) in [6, 6.07) is 14.3. The fourth-order valence-electron chi connectivity index (χ4n) is 2.40. The number of benzene rings is 2. The molecule has 0 aliphatic heterocycles. The van der Waals surface area contributed by atoms with Crippen molar-refractivity contribution in [2.45, 2.75) is 6.42 Å². The number of hydrogen-bond donors (Lipinski definition) is 1. The topological polar surface area (TPSA) is 68.1 Å². The second-order valence-electron chi connectivity index (χ2n) is 5.15. The van der Waals surface area contributed by atoms with Crippen molar-refractivity contribution in [3.8, 4) is 0 Å². The predicted molar refractivity (Wildman–Crippen MR) is 96.9 cm³/mol. The Hall–Kier alpha value is -2.79. The van der Waals surface area contributed by atoms with Crippen LogP contribution in [0.4, 0.5) is 0 Å². The predicted octanol–water partition coefficient (Wildman–Crippen LogP) is 3.92. The summed E-state index contributed by atoms with van der Waals surface area (Å²) in [4.78, 5) is 12.1. The van der Waals surface area contributed by atoms with Gasteiger partial charge in [-0.1, -0.05) is 53.2 Å². The van der Waals surface area contributed by atoms with Gasteiger partial charge >= 0.3 is 5.97 Å². The van der Waals surface area contributed by atoms with Crippen molar-refractivity contribution < 1.29 is 19.5 Å². The van der Waals surface area contributed by atoms with Crippen LogP contribution < -0.4 is 0 Å². The van der Waals surface area contributed by atoms with E-state index in [2.05, 4.69) is 5.16 Å². The number of ether oxygens (including phenoxy) is 2. The van der Waals surface area contributed by atoms with Crippen LogP contribution in [0.3, 0.4) is 0 Å². The van der Waals surface area contributed by atoms with E-state index in [9.17, 15) is 10.0 Å². The maximum atomic E-state index is 12.1. The number of oxime groups is 1. The van der Waals surface area contributed by atoms with E-state index in [1.807, 2.05) is 12.1 Å². The molecule has 0 fully saturated rings. The Morgan fingerprint density at radius 2 is 1.76 bits per heavy atom. The van der Waals surface area contributed by atoms with E-state index in [-0.39, 0.29) is 5.57 Å². The molecule has 0 heterocycles. The first-order chi connectivity index (χ1) is 12.1. The first-order valence-corrected chi connectivity index (χ1v) is 7.85. The van der Waals surface area contributed by atoms with Gasteiger partial charge in [0.25, 0.3) is 0 Å². The van der Waals surface area contributed by atoms with E-state index in [0.717, 1.165) is 5.56 Å². The molecule has 6 heteroatoms. The van der Waals surface area contributed by atoms with Crippen LogP contribution in [0, 0.1) is 0 Å². The molecule has 0 aliphatic rings. The zero-order valence-corrected chi connectivity index (χ0v) is 14.7. The number of carbonyl (C=O) groups excluding carboxylic acids is 1. The van der Waals surface area contributed by atoms with Gasteiger partial charge in [0.05, 0.1) is 26.2 Å². The molecule has 0 unspecified atom stereocenters. The van der Waals surface area contributed by atoms with Crippen LogP contribution in [0.15, 0.2) is 59.9 Å². The van der Waals surface area contributed by atoms with Gasteiger partial charge in [-0.2, -0.15) is 0 Å². The lowest BCUT2D eigenvalue weighted by molar-refractivity contribution is -0.133. The molecule has 130 valence electrons. The van der Waals surface area contributed by atoms with Crippen LogP contribution in [0.2, 0.25) is 5.02 Å². The molecule has 25 heavy (non-hydrogen) atoms. The molecule has 1 N–H and O–H groups in total. The normalized spacial score (nSPS) is 12.0. The lowest BCUT2D eigenvalue weighted by Gasteiger charge is -2.13. The Balaban J connectivity index is 2.45. The van der Waals surface area contributed by atoms with E-state index in [1.54, 1.807) is 36.4 Å². The van der Waals surface area contributed by atoms with Gasteiger partial charge in [0.2, 0.25) is 0 Å². The zero-order valence-electron chi connectivity index (χ0n) is 13.9. The van der Waals surface area contributed by atoms with Crippen LogP contribution >= 0.6 is 11.6 Å². The highest BCUT2D eigenvalue weighted by Crippen LogP contribution is 2.23. The minimum absolute atomic E-state index is 0.234. The Kier molecular flexibility index (Phi) is 6.60. The highest BCUT2D eigenvalue weighted by molar-refractivity contribution is 6.30. The summed E-state index contributed by atoms with van der Waals surface area (Å²) in [5.41, 5.74) is 2.72. The number of rotatable bonds is 6. The number of esters is 1. The smallest absolute Gasteiger partial charge is 0.341 e. The molecular weight excluding hydrogens is 342 g/mol. The average molecular weight is 360 g/mol. The monoisotopic (exact) mass is 359 g/mol. The molecule has 0 bridgehead atoms. The van der Waals surface area contributed by atoms with Gasteiger partial charge in [-0.05, 0) is 17.7 Å². The van der Waals surface area contributed by atoms with Crippen LogP contribution in [-0.4, -0.2) is 31.1 Å². The molecule has 2 aromatic rings. The van der Waals surface area contributed by atoms with Crippen LogP contribution in [0.25, 0.3) is 5.57 Å². The number of nitrogens with zero attached hydrogens (tertiary/aromatic N) is 1. The number of hydrogen-bond acceptors (Lipinski definition) is 5. The van der Waals surface area contributed by atoms with Gasteiger partial charge in [0, 0.05) is 22.6 Å². The SMILES string of the molecule is COC=C(C(=O)OC)c1ccccc1C(Cc1ccc(Cl)cc1)=NO. The van der Waals surface area contributed by atoms with Crippen molar-refractivity contribution in [3.05, 3.63) is 76.5 Å². The summed E-state index contributed by atoms with van der Waals surface area (Å²) in [7, 11) is 2.74. The molecule has 0 aromatic heterocycles. The molecule has 2 aromatic carbocycles.